The Morgan fingerprint density at radius 3 is 0.885 bits per heavy atom. The summed E-state index contributed by atoms with van der Waals surface area (Å²) >= 11 is 0. The van der Waals surface area contributed by atoms with Gasteiger partial charge in [-0.25, -0.2) is 0 Å². The highest BCUT2D eigenvalue weighted by molar-refractivity contribution is 5.71. The molecule has 0 aromatic heterocycles. The number of hydrogen-bond donors (Lipinski definition) is 0. The van der Waals surface area contributed by atoms with Gasteiger partial charge in [-0.3, -0.25) is 14.4 Å². The molecule has 0 spiro atoms. The van der Waals surface area contributed by atoms with Gasteiger partial charge >= 0.3 is 17.9 Å². The van der Waals surface area contributed by atoms with Crippen molar-refractivity contribution in [2.45, 2.75) is 309 Å². The van der Waals surface area contributed by atoms with E-state index in [1.165, 1.54) is 193 Å². The lowest BCUT2D eigenvalue weighted by molar-refractivity contribution is -0.167. The number of carbonyl (C=O) groups excluding carboxylic acids is 3. The lowest BCUT2D eigenvalue weighted by Gasteiger charge is -2.18. The molecule has 6 nitrogen and oxygen atoms in total. The second kappa shape index (κ2) is 50.8. The van der Waals surface area contributed by atoms with Crippen molar-refractivity contribution in [3.05, 3.63) is 12.2 Å². The van der Waals surface area contributed by atoms with E-state index in [0.717, 1.165) is 70.6 Å². The van der Waals surface area contributed by atoms with Gasteiger partial charge in [-0.2, -0.15) is 0 Å². The monoisotopic (exact) mass is 861 g/mol. The molecule has 0 bridgehead atoms. The number of carbonyl (C=O) groups is 3. The average molecular weight is 861 g/mol. The van der Waals surface area contributed by atoms with Gasteiger partial charge in [-0.1, -0.05) is 258 Å². The highest BCUT2D eigenvalue weighted by atomic mass is 16.6. The molecule has 0 fully saturated rings. The third kappa shape index (κ3) is 49.0. The van der Waals surface area contributed by atoms with E-state index in [0.29, 0.717) is 19.3 Å². The third-order valence-corrected chi connectivity index (χ3v) is 12.3. The Morgan fingerprint density at radius 2 is 0.574 bits per heavy atom. The van der Waals surface area contributed by atoms with Crippen molar-refractivity contribution in [1.29, 1.82) is 0 Å². The zero-order valence-electron chi connectivity index (χ0n) is 41.2. The van der Waals surface area contributed by atoms with Gasteiger partial charge < -0.3 is 14.2 Å². The molecule has 0 aromatic rings. The summed E-state index contributed by atoms with van der Waals surface area (Å²) in [5.74, 6) is -0.869. The lowest BCUT2D eigenvalue weighted by atomic mass is 10.0. The van der Waals surface area contributed by atoms with Crippen LogP contribution in [0.4, 0.5) is 0 Å². The minimum atomic E-state index is -0.766. The predicted octanol–water partition coefficient (Wildman–Crippen LogP) is 17.8. The van der Waals surface area contributed by atoms with E-state index >= 15 is 0 Å². The van der Waals surface area contributed by atoms with Gasteiger partial charge in [0.2, 0.25) is 0 Å². The van der Waals surface area contributed by atoms with E-state index < -0.39 is 6.10 Å². The summed E-state index contributed by atoms with van der Waals surface area (Å²) in [6.45, 7) is 6.58. The first kappa shape index (κ1) is 59.1. The van der Waals surface area contributed by atoms with E-state index in [9.17, 15) is 14.4 Å². The van der Waals surface area contributed by atoms with Crippen molar-refractivity contribution in [2.75, 3.05) is 13.2 Å². The predicted molar refractivity (Wildman–Crippen MR) is 261 cm³/mol. The maximum Gasteiger partial charge on any atom is 0.306 e. The normalized spacial score (nSPS) is 12.0. The molecule has 0 aliphatic rings. The SMILES string of the molecule is CCC/C=C\CCCCCCCC(=O)OC(COC(=O)CCCCCCCCCC)COC(=O)CCCCCCCCCCCCCCCCCCCCCCCCCCC. The number of unbranched alkanes of at least 4 members (excludes halogenated alkanes) is 37. The van der Waals surface area contributed by atoms with E-state index in [-0.39, 0.29) is 31.1 Å². The summed E-state index contributed by atoms with van der Waals surface area (Å²) in [7, 11) is 0. The Hall–Kier alpha value is -1.85. The van der Waals surface area contributed by atoms with Crippen LogP contribution < -0.4 is 0 Å². The van der Waals surface area contributed by atoms with Crippen molar-refractivity contribution in [3.63, 3.8) is 0 Å². The van der Waals surface area contributed by atoms with Gasteiger partial charge in [0.05, 0.1) is 0 Å². The van der Waals surface area contributed by atoms with Crippen LogP contribution in [-0.4, -0.2) is 37.2 Å². The van der Waals surface area contributed by atoms with Crippen LogP contribution in [-0.2, 0) is 28.6 Å². The molecule has 0 saturated carbocycles. The summed E-state index contributed by atoms with van der Waals surface area (Å²) in [6, 6.07) is 0. The van der Waals surface area contributed by atoms with Gasteiger partial charge in [0.1, 0.15) is 13.2 Å². The zero-order chi connectivity index (χ0) is 44.4. The van der Waals surface area contributed by atoms with Crippen molar-refractivity contribution < 1.29 is 28.6 Å². The number of ether oxygens (including phenoxy) is 3. The molecule has 0 aromatic carbocycles. The summed E-state index contributed by atoms with van der Waals surface area (Å²) in [5, 5.41) is 0. The fraction of sp³-hybridized carbons (Fsp3) is 0.909. The second-order valence-corrected chi connectivity index (χ2v) is 18.5. The Balaban J connectivity index is 4.03. The van der Waals surface area contributed by atoms with Crippen LogP contribution in [0.3, 0.4) is 0 Å². The fourth-order valence-electron chi connectivity index (χ4n) is 8.15. The van der Waals surface area contributed by atoms with Crippen molar-refractivity contribution in [1.82, 2.24) is 0 Å². The molecule has 0 N–H and O–H groups in total. The first-order chi connectivity index (χ1) is 30.0. The molecule has 0 amide bonds. The van der Waals surface area contributed by atoms with Crippen LogP contribution in [0.15, 0.2) is 12.2 Å². The molecule has 1 unspecified atom stereocenters. The minimum absolute atomic E-state index is 0.0688. The summed E-state index contributed by atoms with van der Waals surface area (Å²) in [5.41, 5.74) is 0. The Morgan fingerprint density at radius 1 is 0.311 bits per heavy atom. The molecule has 61 heavy (non-hydrogen) atoms. The van der Waals surface area contributed by atoms with Gasteiger partial charge in [-0.15, -0.1) is 0 Å². The van der Waals surface area contributed by atoms with Crippen LogP contribution in [0.25, 0.3) is 0 Å². The molecule has 0 aliphatic heterocycles. The largest absolute Gasteiger partial charge is 0.462 e. The average Bonchev–Trinajstić information content (AvgIpc) is 3.26. The Bertz CT molecular complexity index is 947. The van der Waals surface area contributed by atoms with Crippen LogP contribution in [0.2, 0.25) is 0 Å². The number of rotatable bonds is 50. The first-order valence-corrected chi connectivity index (χ1v) is 27.2. The summed E-state index contributed by atoms with van der Waals surface area (Å²) in [4.78, 5) is 37.8. The fourth-order valence-corrected chi connectivity index (χ4v) is 8.15. The highest BCUT2D eigenvalue weighted by Crippen LogP contribution is 2.17. The van der Waals surface area contributed by atoms with Gasteiger partial charge in [0, 0.05) is 19.3 Å². The third-order valence-electron chi connectivity index (χ3n) is 12.3. The molecular formula is C55H104O6. The number of esters is 3. The van der Waals surface area contributed by atoms with Crippen molar-refractivity contribution >= 4 is 17.9 Å². The summed E-state index contributed by atoms with van der Waals surface area (Å²) < 4.78 is 16.7. The smallest absolute Gasteiger partial charge is 0.306 e. The van der Waals surface area contributed by atoms with Crippen LogP contribution >= 0.6 is 0 Å². The van der Waals surface area contributed by atoms with Crippen LogP contribution in [0, 0.1) is 0 Å². The molecule has 0 radical (unpaired) electrons. The number of hydrogen-bond acceptors (Lipinski definition) is 6. The molecule has 0 aliphatic carbocycles. The van der Waals surface area contributed by atoms with Crippen LogP contribution in [0.5, 0.6) is 0 Å². The lowest BCUT2D eigenvalue weighted by Crippen LogP contribution is -2.30. The second-order valence-electron chi connectivity index (χ2n) is 18.5. The molecule has 0 rings (SSSR count). The van der Waals surface area contributed by atoms with E-state index in [1.807, 2.05) is 0 Å². The van der Waals surface area contributed by atoms with Crippen molar-refractivity contribution in [3.8, 4) is 0 Å². The highest BCUT2D eigenvalue weighted by Gasteiger charge is 2.19. The van der Waals surface area contributed by atoms with Gasteiger partial charge in [0.25, 0.3) is 0 Å². The standard InChI is InChI=1S/C55H104O6/c1-4-7-10-13-16-19-21-22-23-24-25-26-27-28-29-30-31-32-33-34-35-37-39-42-45-48-54(57)60-51-52(50-59-53(56)47-44-41-38-18-15-12-9-6-3)61-55(58)49-46-43-40-36-20-17-14-11-8-5-2/h11,14,52H,4-10,12-13,15-51H2,1-3H3/b14-11-. The molecule has 360 valence electrons. The maximum absolute atomic E-state index is 12.7. The molecular weight excluding hydrogens is 757 g/mol. The summed E-state index contributed by atoms with van der Waals surface area (Å²) in [6.07, 6.45) is 56.6. The van der Waals surface area contributed by atoms with Crippen LogP contribution in [0.1, 0.15) is 303 Å². The minimum Gasteiger partial charge on any atom is -0.462 e. The van der Waals surface area contributed by atoms with Gasteiger partial charge in [0.15, 0.2) is 6.10 Å². The van der Waals surface area contributed by atoms with Crippen molar-refractivity contribution in [2.24, 2.45) is 0 Å². The molecule has 0 saturated heterocycles. The number of allylic oxidation sites excluding steroid dienone is 2. The topological polar surface area (TPSA) is 78.9 Å². The van der Waals surface area contributed by atoms with E-state index in [4.69, 9.17) is 14.2 Å². The maximum atomic E-state index is 12.7. The Kier molecular flexibility index (Phi) is 49.3. The van der Waals surface area contributed by atoms with Gasteiger partial charge in [-0.05, 0) is 38.5 Å². The first-order valence-electron chi connectivity index (χ1n) is 27.2. The van der Waals surface area contributed by atoms with E-state index in [1.54, 1.807) is 0 Å². The molecule has 0 heterocycles. The van der Waals surface area contributed by atoms with E-state index in [2.05, 4.69) is 32.9 Å². The molecule has 1 atom stereocenters. The zero-order valence-corrected chi connectivity index (χ0v) is 41.2. The Labute approximate surface area is 380 Å². The molecule has 6 heteroatoms. The quantitative estimate of drug-likeness (QED) is 0.0262.